The Morgan fingerprint density at radius 2 is 1.80 bits per heavy atom. The average Bonchev–Trinajstić information content (AvgIpc) is 2.98. The number of para-hydroxylation sites is 2. The number of hydrogen-bond acceptors (Lipinski definition) is 4. The van der Waals surface area contributed by atoms with Gasteiger partial charge in [-0.1, -0.05) is 25.0 Å². The molecule has 1 aliphatic rings. The number of hydrogen-bond donors (Lipinski definition) is 1. The zero-order valence-electron chi connectivity index (χ0n) is 11.9. The van der Waals surface area contributed by atoms with Gasteiger partial charge < -0.3 is 10.0 Å². The molecule has 0 unspecified atom stereocenters. The van der Waals surface area contributed by atoms with Crippen LogP contribution in [-0.4, -0.2) is 34.3 Å². The van der Waals surface area contributed by atoms with Crippen LogP contribution in [0.25, 0.3) is 11.0 Å². The molecule has 0 radical (unpaired) electrons. The summed E-state index contributed by atoms with van der Waals surface area (Å²) < 4.78 is 0. The minimum atomic E-state index is 0.157. The summed E-state index contributed by atoms with van der Waals surface area (Å²) in [4.78, 5) is 11.7. The van der Waals surface area contributed by atoms with E-state index in [1.54, 1.807) is 0 Å². The van der Waals surface area contributed by atoms with Crippen molar-refractivity contribution in [2.24, 2.45) is 0 Å². The predicted octanol–water partition coefficient (Wildman–Crippen LogP) is 2.68. The number of fused-ring (bicyclic) bond motifs is 1. The van der Waals surface area contributed by atoms with Gasteiger partial charge in [0.05, 0.1) is 23.3 Å². The summed E-state index contributed by atoms with van der Waals surface area (Å²) >= 11 is 0. The third kappa shape index (κ3) is 2.48. The van der Waals surface area contributed by atoms with Crippen LogP contribution in [0, 0.1) is 6.92 Å². The molecule has 1 N–H and O–H groups in total. The maximum Gasteiger partial charge on any atom is 0.151 e. The van der Waals surface area contributed by atoms with Gasteiger partial charge in [0.1, 0.15) is 0 Å². The van der Waals surface area contributed by atoms with Gasteiger partial charge in [0, 0.05) is 12.6 Å². The topological polar surface area (TPSA) is 49.2 Å². The fraction of sp³-hybridized carbons (Fsp3) is 0.500. The Kier molecular flexibility index (Phi) is 3.83. The monoisotopic (exact) mass is 271 g/mol. The van der Waals surface area contributed by atoms with Gasteiger partial charge >= 0.3 is 0 Å². The number of nitrogens with zero attached hydrogens (tertiary/aromatic N) is 3. The molecule has 3 rings (SSSR count). The lowest BCUT2D eigenvalue weighted by atomic mass is 10.2. The lowest BCUT2D eigenvalue weighted by molar-refractivity contribution is 0.296. The number of aliphatic hydroxyl groups excluding tert-OH is 1. The Balaban J connectivity index is 2.02. The molecular weight excluding hydrogens is 250 g/mol. The molecule has 0 aliphatic heterocycles. The van der Waals surface area contributed by atoms with Crippen LogP contribution in [0.2, 0.25) is 0 Å². The fourth-order valence-electron chi connectivity index (χ4n) is 3.14. The first-order valence-corrected chi connectivity index (χ1v) is 7.40. The van der Waals surface area contributed by atoms with Crippen LogP contribution in [0.1, 0.15) is 31.4 Å². The van der Waals surface area contributed by atoms with Crippen LogP contribution >= 0.6 is 0 Å². The van der Waals surface area contributed by atoms with Crippen LogP contribution < -0.4 is 4.90 Å². The molecule has 20 heavy (non-hydrogen) atoms. The third-order valence-corrected chi connectivity index (χ3v) is 4.10. The Hall–Kier alpha value is -1.68. The van der Waals surface area contributed by atoms with Gasteiger partial charge in [0.2, 0.25) is 0 Å². The molecule has 106 valence electrons. The van der Waals surface area contributed by atoms with Gasteiger partial charge in [-0.2, -0.15) is 0 Å². The molecule has 1 aromatic carbocycles. The maximum atomic E-state index is 9.37. The Morgan fingerprint density at radius 3 is 2.45 bits per heavy atom. The van der Waals surface area contributed by atoms with E-state index in [4.69, 9.17) is 4.98 Å². The molecule has 1 saturated carbocycles. The molecule has 1 aromatic heterocycles. The molecule has 0 spiro atoms. The van der Waals surface area contributed by atoms with E-state index in [0.717, 1.165) is 22.5 Å². The Morgan fingerprint density at radius 1 is 1.15 bits per heavy atom. The molecule has 4 nitrogen and oxygen atoms in total. The van der Waals surface area contributed by atoms with Crippen LogP contribution in [0.4, 0.5) is 5.82 Å². The zero-order valence-corrected chi connectivity index (χ0v) is 11.9. The van der Waals surface area contributed by atoms with Crippen molar-refractivity contribution in [2.45, 2.75) is 38.6 Å². The number of anilines is 1. The quantitative estimate of drug-likeness (QED) is 0.929. The van der Waals surface area contributed by atoms with Crippen molar-refractivity contribution in [1.29, 1.82) is 0 Å². The summed E-state index contributed by atoms with van der Waals surface area (Å²) in [6.07, 6.45) is 4.92. The molecule has 0 amide bonds. The lowest BCUT2D eigenvalue weighted by Crippen LogP contribution is -2.37. The van der Waals surface area contributed by atoms with Gasteiger partial charge in [0.25, 0.3) is 0 Å². The molecular formula is C16H21N3O. The number of aryl methyl sites for hydroxylation is 1. The van der Waals surface area contributed by atoms with Crippen molar-refractivity contribution in [3.8, 4) is 0 Å². The Bertz CT molecular complexity index is 593. The molecule has 1 aliphatic carbocycles. The normalized spacial score (nSPS) is 15.9. The number of rotatable bonds is 4. The van der Waals surface area contributed by atoms with Gasteiger partial charge in [-0.15, -0.1) is 0 Å². The number of benzene rings is 1. The van der Waals surface area contributed by atoms with Gasteiger partial charge in [-0.3, -0.25) is 0 Å². The molecule has 1 heterocycles. The zero-order chi connectivity index (χ0) is 13.9. The van der Waals surface area contributed by atoms with Crippen molar-refractivity contribution >= 4 is 16.9 Å². The Labute approximate surface area is 119 Å². The van der Waals surface area contributed by atoms with Crippen LogP contribution in [0.3, 0.4) is 0 Å². The van der Waals surface area contributed by atoms with E-state index in [2.05, 4.69) is 9.88 Å². The van der Waals surface area contributed by atoms with E-state index in [9.17, 15) is 5.11 Å². The highest BCUT2D eigenvalue weighted by Gasteiger charge is 2.25. The van der Waals surface area contributed by atoms with Crippen LogP contribution in [-0.2, 0) is 0 Å². The third-order valence-electron chi connectivity index (χ3n) is 4.10. The van der Waals surface area contributed by atoms with E-state index >= 15 is 0 Å². The van der Waals surface area contributed by atoms with Gasteiger partial charge in [-0.05, 0) is 31.9 Å². The highest BCUT2D eigenvalue weighted by atomic mass is 16.3. The van der Waals surface area contributed by atoms with E-state index in [-0.39, 0.29) is 6.61 Å². The molecule has 0 atom stereocenters. The summed E-state index contributed by atoms with van der Waals surface area (Å²) in [6, 6.07) is 8.46. The van der Waals surface area contributed by atoms with Crippen molar-refractivity contribution < 1.29 is 5.11 Å². The van der Waals surface area contributed by atoms with E-state index in [0.29, 0.717) is 12.6 Å². The molecule has 4 heteroatoms. The van der Waals surface area contributed by atoms with Crippen LogP contribution in [0.5, 0.6) is 0 Å². The highest BCUT2D eigenvalue weighted by molar-refractivity contribution is 5.76. The van der Waals surface area contributed by atoms with Gasteiger partial charge in [0.15, 0.2) is 5.82 Å². The summed E-state index contributed by atoms with van der Waals surface area (Å²) in [5.41, 5.74) is 2.81. The number of aromatic nitrogens is 2. The van der Waals surface area contributed by atoms with Crippen molar-refractivity contribution in [3.05, 3.63) is 30.0 Å². The van der Waals surface area contributed by atoms with Crippen molar-refractivity contribution in [3.63, 3.8) is 0 Å². The van der Waals surface area contributed by atoms with E-state index < -0.39 is 0 Å². The standard InChI is InChI=1S/C16H21N3O/c1-12-16(18-15-9-5-4-8-14(15)17-12)19(10-11-20)13-6-2-3-7-13/h4-5,8-9,13,20H,2-3,6-7,10-11H2,1H3. The number of aliphatic hydroxyl groups is 1. The largest absolute Gasteiger partial charge is 0.395 e. The van der Waals surface area contributed by atoms with E-state index in [1.807, 2.05) is 31.2 Å². The lowest BCUT2D eigenvalue weighted by Gasteiger charge is -2.30. The first-order valence-electron chi connectivity index (χ1n) is 7.40. The highest BCUT2D eigenvalue weighted by Crippen LogP contribution is 2.29. The molecule has 2 aromatic rings. The van der Waals surface area contributed by atoms with Crippen molar-refractivity contribution in [1.82, 2.24) is 9.97 Å². The van der Waals surface area contributed by atoms with E-state index in [1.165, 1.54) is 25.7 Å². The first-order chi connectivity index (χ1) is 9.79. The van der Waals surface area contributed by atoms with Crippen molar-refractivity contribution in [2.75, 3.05) is 18.1 Å². The first kappa shape index (κ1) is 13.3. The summed E-state index contributed by atoms with van der Waals surface area (Å²) in [6.45, 7) is 2.80. The second-order valence-electron chi connectivity index (χ2n) is 5.48. The average molecular weight is 271 g/mol. The minimum absolute atomic E-state index is 0.157. The molecule has 0 bridgehead atoms. The summed E-state index contributed by atoms with van der Waals surface area (Å²) in [7, 11) is 0. The smallest absolute Gasteiger partial charge is 0.151 e. The minimum Gasteiger partial charge on any atom is -0.395 e. The molecule has 1 fully saturated rings. The molecule has 0 saturated heterocycles. The second kappa shape index (κ2) is 5.75. The second-order valence-corrected chi connectivity index (χ2v) is 5.48. The maximum absolute atomic E-state index is 9.37. The predicted molar refractivity (Wildman–Crippen MR) is 81.0 cm³/mol. The van der Waals surface area contributed by atoms with Gasteiger partial charge in [-0.25, -0.2) is 9.97 Å². The van der Waals surface area contributed by atoms with Crippen LogP contribution in [0.15, 0.2) is 24.3 Å². The summed E-state index contributed by atoms with van der Waals surface area (Å²) in [5, 5.41) is 9.37. The SMILES string of the molecule is Cc1nc2ccccc2nc1N(CCO)C1CCCC1. The fourth-order valence-corrected chi connectivity index (χ4v) is 3.14. The summed E-state index contributed by atoms with van der Waals surface area (Å²) in [5.74, 6) is 0.935.